The standard InChI is InChI=1S/C17H15NO2.C9H8O4/c1-2-11-7-9-12(10-8-11)16-15(17(19)20)13-5-3-4-6-14(13)18-16;1-5-6(8(10)11)3-2-4-7(5)9(12)13/h3-10,18H,2H2,1H3,(H,19,20);2-4H,1H3,(H,10,11)(H,12,13). The van der Waals surface area contributed by atoms with Crippen LogP contribution in [0.3, 0.4) is 0 Å². The molecule has 7 nitrogen and oxygen atoms in total. The van der Waals surface area contributed by atoms with E-state index in [2.05, 4.69) is 11.9 Å². The summed E-state index contributed by atoms with van der Waals surface area (Å²) in [7, 11) is 0. The number of aryl methyl sites for hydroxylation is 1. The number of carboxylic acid groups (broad SMARTS) is 3. The number of fused-ring (bicyclic) bond motifs is 1. The van der Waals surface area contributed by atoms with Crippen LogP contribution in [0, 0.1) is 6.92 Å². The quantitative estimate of drug-likeness (QED) is 0.322. The molecular formula is C26H23NO6. The van der Waals surface area contributed by atoms with Crippen LogP contribution < -0.4 is 0 Å². The maximum atomic E-state index is 11.6. The van der Waals surface area contributed by atoms with Crippen molar-refractivity contribution < 1.29 is 29.7 Å². The Morgan fingerprint density at radius 3 is 1.85 bits per heavy atom. The third kappa shape index (κ3) is 4.93. The lowest BCUT2D eigenvalue weighted by molar-refractivity contribution is 0.0682. The van der Waals surface area contributed by atoms with E-state index in [4.69, 9.17) is 10.2 Å². The molecule has 0 spiro atoms. The molecule has 1 heterocycles. The van der Waals surface area contributed by atoms with Crippen molar-refractivity contribution in [3.05, 3.63) is 94.5 Å². The molecule has 4 rings (SSSR count). The van der Waals surface area contributed by atoms with Crippen molar-refractivity contribution in [3.63, 3.8) is 0 Å². The first kappa shape index (κ1) is 23.3. The van der Waals surface area contributed by atoms with Gasteiger partial charge in [-0.25, -0.2) is 14.4 Å². The zero-order valence-corrected chi connectivity index (χ0v) is 18.1. The summed E-state index contributed by atoms with van der Waals surface area (Å²) < 4.78 is 0. The largest absolute Gasteiger partial charge is 0.478 e. The summed E-state index contributed by atoms with van der Waals surface area (Å²) >= 11 is 0. The minimum Gasteiger partial charge on any atom is -0.478 e. The molecule has 0 aliphatic heterocycles. The highest BCUT2D eigenvalue weighted by Crippen LogP contribution is 2.30. The van der Waals surface area contributed by atoms with E-state index >= 15 is 0 Å². The molecule has 0 atom stereocenters. The van der Waals surface area contributed by atoms with Crippen LogP contribution in [0.1, 0.15) is 49.1 Å². The van der Waals surface area contributed by atoms with Crippen LogP contribution in [-0.4, -0.2) is 38.2 Å². The Morgan fingerprint density at radius 2 is 1.33 bits per heavy atom. The summed E-state index contributed by atoms with van der Waals surface area (Å²) in [5.74, 6) is -3.13. The van der Waals surface area contributed by atoms with Crippen LogP contribution in [0.25, 0.3) is 22.2 Å². The van der Waals surface area contributed by atoms with Gasteiger partial charge >= 0.3 is 17.9 Å². The van der Waals surface area contributed by atoms with E-state index in [-0.39, 0.29) is 16.7 Å². The zero-order valence-electron chi connectivity index (χ0n) is 18.1. The van der Waals surface area contributed by atoms with E-state index in [0.29, 0.717) is 11.3 Å². The number of carboxylic acids is 3. The van der Waals surface area contributed by atoms with Crippen molar-refractivity contribution in [1.29, 1.82) is 0 Å². The summed E-state index contributed by atoms with van der Waals surface area (Å²) in [6, 6.07) is 19.7. The highest BCUT2D eigenvalue weighted by molar-refractivity contribution is 6.09. The Morgan fingerprint density at radius 1 is 0.758 bits per heavy atom. The lowest BCUT2D eigenvalue weighted by Gasteiger charge is -2.03. The molecule has 0 radical (unpaired) electrons. The summed E-state index contributed by atoms with van der Waals surface area (Å²) in [5.41, 5.74) is 4.32. The van der Waals surface area contributed by atoms with Crippen LogP contribution in [0.4, 0.5) is 0 Å². The number of H-pyrrole nitrogens is 1. The van der Waals surface area contributed by atoms with Gasteiger partial charge in [0.1, 0.15) is 0 Å². The van der Waals surface area contributed by atoms with Crippen LogP contribution in [0.5, 0.6) is 0 Å². The molecule has 0 aliphatic carbocycles. The first-order chi connectivity index (χ1) is 15.7. The fourth-order valence-electron chi connectivity index (χ4n) is 3.59. The predicted octanol–water partition coefficient (Wildman–Crippen LogP) is 5.49. The average Bonchev–Trinajstić information content (AvgIpc) is 3.19. The number of nitrogens with one attached hydrogen (secondary N) is 1. The van der Waals surface area contributed by atoms with E-state index in [1.165, 1.54) is 30.7 Å². The molecule has 0 unspecified atom stereocenters. The number of aromatic nitrogens is 1. The molecule has 168 valence electrons. The molecule has 4 N–H and O–H groups in total. The molecule has 7 heteroatoms. The number of aromatic amines is 1. The third-order valence-electron chi connectivity index (χ3n) is 5.37. The molecule has 0 aliphatic rings. The zero-order chi connectivity index (χ0) is 24.1. The topological polar surface area (TPSA) is 128 Å². The first-order valence-corrected chi connectivity index (χ1v) is 10.2. The van der Waals surface area contributed by atoms with Crippen molar-refractivity contribution in [2.75, 3.05) is 0 Å². The molecule has 4 aromatic rings. The van der Waals surface area contributed by atoms with Gasteiger partial charge in [0, 0.05) is 10.9 Å². The average molecular weight is 445 g/mol. The number of carbonyl (C=O) groups is 3. The first-order valence-electron chi connectivity index (χ1n) is 10.2. The highest BCUT2D eigenvalue weighted by atomic mass is 16.4. The van der Waals surface area contributed by atoms with Crippen LogP contribution >= 0.6 is 0 Å². The summed E-state index contributed by atoms with van der Waals surface area (Å²) in [6.45, 7) is 3.58. The van der Waals surface area contributed by atoms with Crippen LogP contribution in [0.2, 0.25) is 0 Å². The number of rotatable bonds is 5. The molecule has 0 saturated carbocycles. The molecular weight excluding hydrogens is 422 g/mol. The fourth-order valence-corrected chi connectivity index (χ4v) is 3.59. The summed E-state index contributed by atoms with van der Waals surface area (Å²) in [6.07, 6.45) is 0.971. The predicted molar refractivity (Wildman–Crippen MR) is 125 cm³/mol. The molecule has 3 aromatic carbocycles. The molecule has 0 saturated heterocycles. The summed E-state index contributed by atoms with van der Waals surface area (Å²) in [4.78, 5) is 36.0. The van der Waals surface area contributed by atoms with E-state index in [1.54, 1.807) is 0 Å². The smallest absolute Gasteiger partial charge is 0.338 e. The van der Waals surface area contributed by atoms with Crippen molar-refractivity contribution in [1.82, 2.24) is 4.98 Å². The second kappa shape index (κ2) is 9.82. The lowest BCUT2D eigenvalue weighted by Crippen LogP contribution is -2.06. The maximum absolute atomic E-state index is 11.6. The van der Waals surface area contributed by atoms with E-state index in [9.17, 15) is 19.5 Å². The summed E-state index contributed by atoms with van der Waals surface area (Å²) in [5, 5.41) is 27.6. The van der Waals surface area contributed by atoms with Crippen molar-refractivity contribution in [2.24, 2.45) is 0 Å². The fraction of sp³-hybridized carbons (Fsp3) is 0.115. The third-order valence-corrected chi connectivity index (χ3v) is 5.37. The Hall–Kier alpha value is -4.39. The number of benzene rings is 3. The van der Waals surface area contributed by atoms with Gasteiger partial charge in [0.25, 0.3) is 0 Å². The molecule has 0 bridgehead atoms. The Kier molecular flexibility index (Phi) is 6.93. The number of aromatic carboxylic acids is 3. The maximum Gasteiger partial charge on any atom is 0.338 e. The molecule has 1 aromatic heterocycles. The second-order valence-electron chi connectivity index (χ2n) is 7.36. The van der Waals surface area contributed by atoms with E-state index < -0.39 is 17.9 Å². The molecule has 33 heavy (non-hydrogen) atoms. The Labute approximate surface area is 189 Å². The van der Waals surface area contributed by atoms with E-state index in [0.717, 1.165) is 22.9 Å². The van der Waals surface area contributed by atoms with Gasteiger partial charge in [-0.1, -0.05) is 55.5 Å². The van der Waals surface area contributed by atoms with Gasteiger partial charge in [-0.3, -0.25) is 0 Å². The van der Waals surface area contributed by atoms with Crippen LogP contribution in [-0.2, 0) is 6.42 Å². The van der Waals surface area contributed by atoms with Gasteiger partial charge in [-0.2, -0.15) is 0 Å². The Balaban J connectivity index is 0.000000205. The molecule has 0 fully saturated rings. The highest BCUT2D eigenvalue weighted by Gasteiger charge is 2.18. The van der Waals surface area contributed by atoms with Gasteiger partial charge in [0.2, 0.25) is 0 Å². The van der Waals surface area contributed by atoms with Gasteiger partial charge in [-0.15, -0.1) is 0 Å². The number of para-hydroxylation sites is 1. The van der Waals surface area contributed by atoms with Gasteiger partial charge in [-0.05, 0) is 48.2 Å². The normalized spacial score (nSPS) is 10.4. The minimum absolute atomic E-state index is 0.0277. The minimum atomic E-state index is -1.11. The van der Waals surface area contributed by atoms with Gasteiger partial charge in [0.05, 0.1) is 22.4 Å². The van der Waals surface area contributed by atoms with Crippen molar-refractivity contribution >= 4 is 28.8 Å². The number of hydrogen-bond acceptors (Lipinski definition) is 3. The monoisotopic (exact) mass is 445 g/mol. The van der Waals surface area contributed by atoms with Gasteiger partial charge < -0.3 is 20.3 Å². The lowest BCUT2D eigenvalue weighted by atomic mass is 10.0. The Bertz CT molecular complexity index is 1300. The van der Waals surface area contributed by atoms with Crippen molar-refractivity contribution in [2.45, 2.75) is 20.3 Å². The number of hydrogen-bond donors (Lipinski definition) is 4. The van der Waals surface area contributed by atoms with Gasteiger partial charge in [0.15, 0.2) is 0 Å². The SMILES string of the molecule is CCc1ccc(-c2[nH]c3ccccc3c2C(=O)O)cc1.Cc1c(C(=O)O)cccc1C(=O)O. The van der Waals surface area contributed by atoms with E-state index in [1.807, 2.05) is 48.5 Å². The van der Waals surface area contributed by atoms with Crippen molar-refractivity contribution in [3.8, 4) is 11.3 Å². The second-order valence-corrected chi connectivity index (χ2v) is 7.36. The molecule has 0 amide bonds. The van der Waals surface area contributed by atoms with Crippen LogP contribution in [0.15, 0.2) is 66.7 Å².